The summed E-state index contributed by atoms with van der Waals surface area (Å²) in [6.45, 7) is 4.86. The number of para-hydroxylation sites is 1. The predicted molar refractivity (Wildman–Crippen MR) is 95.2 cm³/mol. The number of amides is 1. The van der Waals surface area contributed by atoms with Crippen molar-refractivity contribution in [3.05, 3.63) is 40.8 Å². The van der Waals surface area contributed by atoms with Crippen molar-refractivity contribution in [2.45, 2.75) is 52.2 Å². The zero-order valence-electron chi connectivity index (χ0n) is 13.7. The number of carbonyl (C=O) groups is 1. The van der Waals surface area contributed by atoms with Gasteiger partial charge in [-0.15, -0.1) is 11.3 Å². The molecule has 0 spiro atoms. The standard InChI is InChI=1S/C19H23NO2S/c1-3-7-14(8-4-2)20-19(21)17-11-13-12-22-16-10-6-5-9-15(16)18(13)23-17/h5-6,9-11,14H,3-4,7-8,12H2,1-2H3,(H,20,21). The number of ether oxygens (including phenoxy) is 1. The molecule has 2 aromatic rings. The van der Waals surface area contributed by atoms with Crippen molar-refractivity contribution in [1.82, 2.24) is 5.32 Å². The lowest BCUT2D eigenvalue weighted by Gasteiger charge is -2.16. The molecule has 0 saturated heterocycles. The van der Waals surface area contributed by atoms with Gasteiger partial charge in [0.25, 0.3) is 5.91 Å². The first-order chi connectivity index (χ1) is 11.2. The van der Waals surface area contributed by atoms with E-state index in [2.05, 4.69) is 25.2 Å². The highest BCUT2D eigenvalue weighted by Gasteiger charge is 2.23. The van der Waals surface area contributed by atoms with E-state index in [1.165, 1.54) is 4.88 Å². The van der Waals surface area contributed by atoms with Gasteiger partial charge in [-0.2, -0.15) is 0 Å². The van der Waals surface area contributed by atoms with E-state index >= 15 is 0 Å². The molecule has 0 bridgehead atoms. The van der Waals surface area contributed by atoms with Crippen LogP contribution in [0.1, 0.15) is 54.8 Å². The number of nitrogens with one attached hydrogen (secondary N) is 1. The number of thiophene rings is 1. The minimum Gasteiger partial charge on any atom is -0.488 e. The summed E-state index contributed by atoms with van der Waals surface area (Å²) >= 11 is 1.57. The summed E-state index contributed by atoms with van der Waals surface area (Å²) in [5, 5.41) is 3.20. The first kappa shape index (κ1) is 16.1. The van der Waals surface area contributed by atoms with Crippen LogP contribution in [0.15, 0.2) is 30.3 Å². The monoisotopic (exact) mass is 329 g/mol. The van der Waals surface area contributed by atoms with Crippen LogP contribution < -0.4 is 10.1 Å². The minimum absolute atomic E-state index is 0.0498. The molecule has 122 valence electrons. The van der Waals surface area contributed by atoms with Gasteiger partial charge in [0.15, 0.2) is 0 Å². The van der Waals surface area contributed by atoms with Gasteiger partial charge in [-0.25, -0.2) is 0 Å². The highest BCUT2D eigenvalue weighted by molar-refractivity contribution is 7.17. The minimum atomic E-state index is 0.0498. The molecule has 1 aliphatic heterocycles. The molecule has 1 aromatic carbocycles. The molecule has 0 saturated carbocycles. The molecule has 0 aliphatic carbocycles. The maximum atomic E-state index is 12.6. The molecule has 3 nitrogen and oxygen atoms in total. The first-order valence-electron chi connectivity index (χ1n) is 8.38. The van der Waals surface area contributed by atoms with Crippen LogP contribution in [0, 0.1) is 0 Å². The Hall–Kier alpha value is -1.81. The van der Waals surface area contributed by atoms with E-state index in [4.69, 9.17) is 4.74 Å². The van der Waals surface area contributed by atoms with Crippen molar-refractivity contribution >= 4 is 17.2 Å². The fraction of sp³-hybridized carbons (Fsp3) is 0.421. The van der Waals surface area contributed by atoms with Gasteiger partial charge in [-0.1, -0.05) is 38.8 Å². The van der Waals surface area contributed by atoms with E-state index in [0.717, 1.165) is 47.4 Å². The second-order valence-electron chi connectivity index (χ2n) is 6.00. The molecule has 0 radical (unpaired) electrons. The van der Waals surface area contributed by atoms with E-state index in [1.807, 2.05) is 24.3 Å². The average molecular weight is 329 g/mol. The van der Waals surface area contributed by atoms with Gasteiger partial charge < -0.3 is 10.1 Å². The Bertz CT molecular complexity index is 686. The van der Waals surface area contributed by atoms with E-state index in [9.17, 15) is 4.79 Å². The summed E-state index contributed by atoms with van der Waals surface area (Å²) in [7, 11) is 0. The van der Waals surface area contributed by atoms with Crippen LogP contribution in [-0.4, -0.2) is 11.9 Å². The van der Waals surface area contributed by atoms with Crippen molar-refractivity contribution in [2.75, 3.05) is 0 Å². The largest absolute Gasteiger partial charge is 0.488 e. The van der Waals surface area contributed by atoms with Crippen molar-refractivity contribution in [1.29, 1.82) is 0 Å². The van der Waals surface area contributed by atoms with Crippen LogP contribution in [0.2, 0.25) is 0 Å². The Labute approximate surface area is 141 Å². The highest BCUT2D eigenvalue weighted by atomic mass is 32.1. The van der Waals surface area contributed by atoms with Crippen LogP contribution in [0.4, 0.5) is 0 Å². The van der Waals surface area contributed by atoms with Crippen molar-refractivity contribution < 1.29 is 9.53 Å². The molecule has 1 aliphatic rings. The summed E-state index contributed by atoms with van der Waals surface area (Å²) in [6, 6.07) is 10.3. The molecule has 23 heavy (non-hydrogen) atoms. The lowest BCUT2D eigenvalue weighted by Crippen LogP contribution is -2.34. The summed E-state index contributed by atoms with van der Waals surface area (Å²) in [5.41, 5.74) is 2.21. The smallest absolute Gasteiger partial charge is 0.261 e. The molecule has 0 atom stereocenters. The molecule has 1 amide bonds. The van der Waals surface area contributed by atoms with Gasteiger partial charge >= 0.3 is 0 Å². The van der Waals surface area contributed by atoms with Crippen molar-refractivity contribution in [2.24, 2.45) is 0 Å². The SMILES string of the molecule is CCCC(CCC)NC(=O)c1cc2c(s1)-c1ccccc1OC2. The molecule has 2 heterocycles. The zero-order chi connectivity index (χ0) is 16.2. The van der Waals surface area contributed by atoms with E-state index in [0.29, 0.717) is 6.61 Å². The van der Waals surface area contributed by atoms with Gasteiger partial charge in [0.05, 0.1) is 4.88 Å². The Balaban J connectivity index is 1.80. The highest BCUT2D eigenvalue weighted by Crippen LogP contribution is 2.42. The fourth-order valence-electron chi connectivity index (χ4n) is 3.05. The molecule has 0 fully saturated rings. The average Bonchev–Trinajstić information content (AvgIpc) is 3.00. The molecule has 4 heteroatoms. The second kappa shape index (κ2) is 7.18. The topological polar surface area (TPSA) is 38.3 Å². The zero-order valence-corrected chi connectivity index (χ0v) is 14.5. The van der Waals surface area contributed by atoms with Gasteiger partial charge in [0.2, 0.25) is 0 Å². The lowest BCUT2D eigenvalue weighted by atomic mass is 10.1. The van der Waals surface area contributed by atoms with Gasteiger partial charge in [-0.3, -0.25) is 4.79 Å². The third-order valence-corrected chi connectivity index (χ3v) is 5.37. The number of rotatable bonds is 6. The maximum absolute atomic E-state index is 12.6. The van der Waals surface area contributed by atoms with Crippen molar-refractivity contribution in [3.63, 3.8) is 0 Å². The summed E-state index contributed by atoms with van der Waals surface area (Å²) in [6.07, 6.45) is 4.26. The molecule has 3 rings (SSSR count). The van der Waals surface area contributed by atoms with E-state index in [-0.39, 0.29) is 11.9 Å². The second-order valence-corrected chi connectivity index (χ2v) is 7.05. The maximum Gasteiger partial charge on any atom is 0.261 e. The summed E-state index contributed by atoms with van der Waals surface area (Å²) in [4.78, 5) is 14.5. The third-order valence-electron chi connectivity index (χ3n) is 4.16. The van der Waals surface area contributed by atoms with E-state index < -0.39 is 0 Å². The van der Waals surface area contributed by atoms with Crippen LogP contribution in [0.3, 0.4) is 0 Å². The molecular weight excluding hydrogens is 306 g/mol. The van der Waals surface area contributed by atoms with Crippen molar-refractivity contribution in [3.8, 4) is 16.2 Å². The number of hydrogen-bond acceptors (Lipinski definition) is 3. The van der Waals surface area contributed by atoms with Crippen LogP contribution in [0.25, 0.3) is 10.4 Å². The van der Waals surface area contributed by atoms with Gasteiger partial charge in [0.1, 0.15) is 12.4 Å². The molecule has 1 N–H and O–H groups in total. The van der Waals surface area contributed by atoms with Gasteiger partial charge in [0, 0.05) is 22.0 Å². The quantitative estimate of drug-likeness (QED) is 0.809. The third kappa shape index (κ3) is 3.42. The summed E-state index contributed by atoms with van der Waals surface area (Å²) in [5.74, 6) is 0.956. The number of benzene rings is 1. The fourth-order valence-corrected chi connectivity index (χ4v) is 4.15. The Morgan fingerprint density at radius 2 is 2.00 bits per heavy atom. The Kier molecular flexibility index (Phi) is 5.01. The lowest BCUT2D eigenvalue weighted by molar-refractivity contribution is 0.0936. The molecule has 0 unspecified atom stereocenters. The van der Waals surface area contributed by atoms with Crippen LogP contribution >= 0.6 is 11.3 Å². The summed E-state index contributed by atoms with van der Waals surface area (Å²) < 4.78 is 5.78. The Morgan fingerprint density at radius 1 is 1.26 bits per heavy atom. The van der Waals surface area contributed by atoms with Gasteiger partial charge in [-0.05, 0) is 31.0 Å². The number of fused-ring (bicyclic) bond motifs is 3. The first-order valence-corrected chi connectivity index (χ1v) is 9.20. The van der Waals surface area contributed by atoms with Crippen LogP contribution in [0.5, 0.6) is 5.75 Å². The predicted octanol–water partition coefficient (Wildman–Crippen LogP) is 5.01. The van der Waals surface area contributed by atoms with Crippen LogP contribution in [-0.2, 0) is 6.61 Å². The van der Waals surface area contributed by atoms with E-state index in [1.54, 1.807) is 11.3 Å². The number of carbonyl (C=O) groups excluding carboxylic acids is 1. The molecule has 1 aromatic heterocycles. The normalized spacial score (nSPS) is 12.5. The Morgan fingerprint density at radius 3 is 2.74 bits per heavy atom. The number of hydrogen-bond donors (Lipinski definition) is 1. The molecular formula is C19H23NO2S.